The highest BCUT2D eigenvalue weighted by Gasteiger charge is 2.73. The molecule has 4 aliphatic heterocycles. The van der Waals surface area contributed by atoms with Crippen molar-refractivity contribution in [3.63, 3.8) is 0 Å². The molecule has 186 valence electrons. The fourth-order valence-corrected chi connectivity index (χ4v) is 8.72. The molecule has 2 fully saturated rings. The summed E-state index contributed by atoms with van der Waals surface area (Å²) in [7, 11) is 1.76. The van der Waals surface area contributed by atoms with E-state index in [-0.39, 0.29) is 30.9 Å². The minimum atomic E-state index is -0.896. The average Bonchev–Trinajstić information content (AvgIpc) is 3.13. The van der Waals surface area contributed by atoms with Crippen LogP contribution in [0.1, 0.15) is 6.92 Å². The van der Waals surface area contributed by atoms with E-state index in [1.54, 1.807) is 28.6 Å². The van der Waals surface area contributed by atoms with E-state index < -0.39 is 27.4 Å². The Morgan fingerprint density at radius 3 is 2.47 bits per heavy atom. The lowest BCUT2D eigenvalue weighted by molar-refractivity contribution is -0.143. The van der Waals surface area contributed by atoms with Crippen molar-refractivity contribution in [3.05, 3.63) is 66.8 Å². The number of amides is 3. The number of benzene rings is 2. The molecule has 4 heterocycles. The number of nitrogens with zero attached hydrogens (tertiary/aromatic N) is 3. The van der Waals surface area contributed by atoms with Crippen LogP contribution in [0.15, 0.2) is 66.8 Å². The van der Waals surface area contributed by atoms with Crippen LogP contribution >= 0.6 is 11.8 Å². The number of aliphatic hydroxyl groups is 1. The van der Waals surface area contributed by atoms with Gasteiger partial charge >= 0.3 is 0 Å². The third-order valence-corrected chi connectivity index (χ3v) is 9.94. The normalized spacial score (nSPS) is 33.6. The maximum atomic E-state index is 14.3. The first-order valence-electron chi connectivity index (χ1n) is 12.3. The third kappa shape index (κ3) is 3.13. The number of likely N-dealkylation sites (N-methyl/N-ethyl adjacent to an activating group) is 1. The molecule has 2 aromatic carbocycles. The van der Waals surface area contributed by atoms with Gasteiger partial charge in [-0.05, 0) is 29.8 Å². The minimum absolute atomic E-state index is 0.0523. The molecule has 3 amide bonds. The van der Waals surface area contributed by atoms with Crippen LogP contribution in [0.3, 0.4) is 0 Å². The summed E-state index contributed by atoms with van der Waals surface area (Å²) in [5, 5.41) is 12.0. The molecule has 1 N–H and O–H groups in total. The Balaban J connectivity index is 1.48. The molecule has 5 atom stereocenters. The second kappa shape index (κ2) is 8.21. The van der Waals surface area contributed by atoms with E-state index in [1.807, 2.05) is 73.7 Å². The van der Waals surface area contributed by atoms with Gasteiger partial charge in [-0.3, -0.25) is 14.4 Å². The number of likely N-dealkylation sites (tertiary alicyclic amines) is 1. The lowest BCUT2D eigenvalue weighted by Crippen LogP contribution is -2.54. The molecule has 6 rings (SSSR count). The zero-order valence-corrected chi connectivity index (χ0v) is 21.1. The summed E-state index contributed by atoms with van der Waals surface area (Å²) in [5.41, 5.74) is 0.763. The zero-order chi connectivity index (χ0) is 25.2. The highest BCUT2D eigenvalue weighted by molar-refractivity contribution is 8.02. The first kappa shape index (κ1) is 23.3. The summed E-state index contributed by atoms with van der Waals surface area (Å²) in [4.78, 5) is 46.8. The van der Waals surface area contributed by atoms with Gasteiger partial charge in [0.25, 0.3) is 5.91 Å². The minimum Gasteiger partial charge on any atom is -0.395 e. The Kier molecular flexibility index (Phi) is 5.32. The van der Waals surface area contributed by atoms with Gasteiger partial charge in [0, 0.05) is 37.1 Å². The Morgan fingerprint density at radius 2 is 1.69 bits per heavy atom. The van der Waals surface area contributed by atoms with E-state index in [0.717, 1.165) is 16.5 Å². The Labute approximate surface area is 214 Å². The van der Waals surface area contributed by atoms with Gasteiger partial charge in [-0.2, -0.15) is 0 Å². The standard InChI is InChI=1S/C28H29N3O4S/c1-27-11-5-13-29(2)24(33)21(27)22-25(34)31(15-16-32)23-26(35)30(14-6-12-28(22,23)36-27)20-10-9-18-7-3-4-8-19(18)17-20/h3-12,17,21-23,32H,13-16H2,1-2H3/t21-,22+,23?,27+,28+/m1/s1. The van der Waals surface area contributed by atoms with Crippen molar-refractivity contribution < 1.29 is 19.5 Å². The van der Waals surface area contributed by atoms with Gasteiger partial charge < -0.3 is 19.8 Å². The third-order valence-electron chi connectivity index (χ3n) is 8.14. The van der Waals surface area contributed by atoms with E-state index in [2.05, 4.69) is 0 Å². The molecule has 7 nitrogen and oxygen atoms in total. The van der Waals surface area contributed by atoms with E-state index in [1.165, 1.54) is 4.90 Å². The van der Waals surface area contributed by atoms with Crippen molar-refractivity contribution in [2.45, 2.75) is 22.5 Å². The van der Waals surface area contributed by atoms with Crippen molar-refractivity contribution in [1.29, 1.82) is 0 Å². The Bertz CT molecular complexity index is 1340. The van der Waals surface area contributed by atoms with Gasteiger partial charge in [-0.15, -0.1) is 11.8 Å². The van der Waals surface area contributed by atoms with E-state index >= 15 is 0 Å². The predicted molar refractivity (Wildman–Crippen MR) is 141 cm³/mol. The lowest BCUT2D eigenvalue weighted by atomic mass is 9.74. The summed E-state index contributed by atoms with van der Waals surface area (Å²) in [6.45, 7) is 2.67. The molecular formula is C28H29N3O4S. The molecule has 2 saturated heterocycles. The molecule has 0 bridgehead atoms. The maximum Gasteiger partial charge on any atom is 0.251 e. The summed E-state index contributed by atoms with van der Waals surface area (Å²) in [6.07, 6.45) is 8.00. The Hall–Kier alpha value is -3.10. The second-order valence-electron chi connectivity index (χ2n) is 10.3. The predicted octanol–water partition coefficient (Wildman–Crippen LogP) is 2.45. The summed E-state index contributed by atoms with van der Waals surface area (Å²) in [6, 6.07) is 13.1. The number of carbonyl (C=O) groups excluding carboxylic acids is 3. The van der Waals surface area contributed by atoms with Crippen LogP contribution in [0.4, 0.5) is 5.69 Å². The number of hydrogen-bond donors (Lipinski definition) is 1. The molecule has 0 saturated carbocycles. The topological polar surface area (TPSA) is 81.2 Å². The van der Waals surface area contributed by atoms with E-state index in [9.17, 15) is 19.5 Å². The largest absolute Gasteiger partial charge is 0.395 e. The number of anilines is 1. The van der Waals surface area contributed by atoms with Crippen molar-refractivity contribution in [2.24, 2.45) is 11.8 Å². The number of thioether (sulfide) groups is 1. The van der Waals surface area contributed by atoms with Crippen LogP contribution in [0.2, 0.25) is 0 Å². The van der Waals surface area contributed by atoms with Gasteiger partial charge in [0.15, 0.2) is 0 Å². The number of aliphatic hydroxyl groups excluding tert-OH is 1. The lowest BCUT2D eigenvalue weighted by Gasteiger charge is -2.36. The first-order valence-corrected chi connectivity index (χ1v) is 13.1. The highest BCUT2D eigenvalue weighted by Crippen LogP contribution is 2.65. The molecule has 1 unspecified atom stereocenters. The molecule has 1 spiro atoms. The summed E-state index contributed by atoms with van der Waals surface area (Å²) >= 11 is 1.56. The molecule has 36 heavy (non-hydrogen) atoms. The van der Waals surface area contributed by atoms with Crippen LogP contribution in [0.5, 0.6) is 0 Å². The van der Waals surface area contributed by atoms with Crippen molar-refractivity contribution in [1.82, 2.24) is 9.80 Å². The molecule has 0 aromatic heterocycles. The highest BCUT2D eigenvalue weighted by atomic mass is 32.2. The molecule has 0 radical (unpaired) electrons. The maximum absolute atomic E-state index is 14.3. The average molecular weight is 504 g/mol. The van der Waals surface area contributed by atoms with Crippen molar-refractivity contribution in [3.8, 4) is 0 Å². The van der Waals surface area contributed by atoms with Crippen LogP contribution in [-0.4, -0.2) is 81.5 Å². The van der Waals surface area contributed by atoms with Crippen LogP contribution in [0.25, 0.3) is 10.8 Å². The van der Waals surface area contributed by atoms with E-state index in [4.69, 9.17) is 0 Å². The van der Waals surface area contributed by atoms with Crippen molar-refractivity contribution >= 4 is 45.9 Å². The van der Waals surface area contributed by atoms with Crippen LogP contribution in [0, 0.1) is 11.8 Å². The zero-order valence-electron chi connectivity index (χ0n) is 20.3. The monoisotopic (exact) mass is 503 g/mol. The quantitative estimate of drug-likeness (QED) is 0.651. The number of hydrogen-bond acceptors (Lipinski definition) is 5. The molecule has 2 aromatic rings. The number of rotatable bonds is 3. The van der Waals surface area contributed by atoms with Gasteiger partial charge in [-0.1, -0.05) is 54.6 Å². The fourth-order valence-electron chi connectivity index (χ4n) is 6.57. The van der Waals surface area contributed by atoms with Gasteiger partial charge in [0.1, 0.15) is 6.04 Å². The molecular weight excluding hydrogens is 474 g/mol. The SMILES string of the molecule is CN1CC=C[C@]2(C)S[C@]34C=CCN(c5ccc6ccccc6c5)C(=O)C3N(CCO)C(=O)[C@@H]4[C@@H]2C1=O. The van der Waals surface area contributed by atoms with Crippen LogP contribution < -0.4 is 4.90 Å². The van der Waals surface area contributed by atoms with Crippen LogP contribution in [-0.2, 0) is 14.4 Å². The smallest absolute Gasteiger partial charge is 0.251 e. The first-order chi connectivity index (χ1) is 17.3. The fraction of sp³-hybridized carbons (Fsp3) is 0.393. The van der Waals surface area contributed by atoms with Gasteiger partial charge in [0.2, 0.25) is 11.8 Å². The Morgan fingerprint density at radius 1 is 0.944 bits per heavy atom. The van der Waals surface area contributed by atoms with Gasteiger partial charge in [-0.25, -0.2) is 0 Å². The molecule has 8 heteroatoms. The summed E-state index contributed by atoms with van der Waals surface area (Å²) in [5.74, 6) is -1.76. The van der Waals surface area contributed by atoms with E-state index in [0.29, 0.717) is 13.1 Å². The molecule has 4 aliphatic rings. The summed E-state index contributed by atoms with van der Waals surface area (Å²) < 4.78 is -1.51. The second-order valence-corrected chi connectivity index (χ2v) is 12.0. The number of β-amino-alcohol motifs (C(OH)–C–C–N with tert-alkyl or cyclic N) is 1. The molecule has 0 aliphatic carbocycles. The van der Waals surface area contributed by atoms with Gasteiger partial charge in [0.05, 0.1) is 23.2 Å². The van der Waals surface area contributed by atoms with Crippen molar-refractivity contribution in [2.75, 3.05) is 38.2 Å². The number of carbonyl (C=O) groups is 3. The number of fused-ring (bicyclic) bond motifs is 3.